The van der Waals surface area contributed by atoms with Crippen LogP contribution in [0.25, 0.3) is 10.9 Å². The molecule has 2 aliphatic carbocycles. The van der Waals surface area contributed by atoms with Crippen molar-refractivity contribution in [3.63, 3.8) is 0 Å². The average Bonchev–Trinajstić information content (AvgIpc) is 3.50. The Hall–Kier alpha value is -4.39. The first-order chi connectivity index (χ1) is 21.4. The summed E-state index contributed by atoms with van der Waals surface area (Å²) in [7, 11) is 0. The van der Waals surface area contributed by atoms with Gasteiger partial charge in [-0.2, -0.15) is 0 Å². The first kappa shape index (κ1) is 34.5. The fraction of sp³-hybridized carbons (Fsp3) is 0.545. The molecule has 6 atom stereocenters. The highest BCUT2D eigenvalue weighted by Gasteiger charge is 2.76. The van der Waals surface area contributed by atoms with E-state index in [2.05, 4.69) is 17.2 Å². The predicted octanol–water partition coefficient (Wildman–Crippen LogP) is 3.59. The zero-order valence-corrected chi connectivity index (χ0v) is 27.2. The molecule has 3 N–H and O–H groups in total. The number of carbonyl (C=O) groups is 5. The smallest absolute Gasteiger partial charge is 0.419 e. The van der Waals surface area contributed by atoms with E-state index < -0.39 is 76.7 Å². The Morgan fingerprint density at radius 2 is 1.74 bits per heavy atom. The predicted molar refractivity (Wildman–Crippen MR) is 165 cm³/mol. The zero-order valence-electron chi connectivity index (χ0n) is 27.2. The lowest BCUT2D eigenvalue weighted by Crippen LogP contribution is -2.62. The van der Waals surface area contributed by atoms with E-state index in [4.69, 9.17) is 18.9 Å². The summed E-state index contributed by atoms with van der Waals surface area (Å²) in [6.07, 6.45) is -0.468. The fourth-order valence-electron chi connectivity index (χ4n) is 6.24. The number of hydrogen-bond acceptors (Lipinski definition) is 10. The van der Waals surface area contributed by atoms with Gasteiger partial charge in [-0.25, -0.2) is 14.4 Å². The summed E-state index contributed by atoms with van der Waals surface area (Å²) >= 11 is 0. The summed E-state index contributed by atoms with van der Waals surface area (Å²) in [5, 5.41) is 16.8. The molecule has 1 heterocycles. The average molecular weight is 642 g/mol. The molecule has 1 aromatic carbocycles. The number of alkyl carbamates (subject to hydrolysis) is 1. The van der Waals surface area contributed by atoms with Gasteiger partial charge >= 0.3 is 24.1 Å². The largest absolute Gasteiger partial charge is 0.464 e. The lowest BCUT2D eigenvalue weighted by molar-refractivity contribution is -0.156. The molecule has 0 spiro atoms. The van der Waals surface area contributed by atoms with Crippen molar-refractivity contribution < 1.29 is 48.0 Å². The quantitative estimate of drug-likeness (QED) is 0.209. The summed E-state index contributed by atoms with van der Waals surface area (Å²) < 4.78 is 22.6. The molecule has 0 aliphatic heterocycles. The van der Waals surface area contributed by atoms with Crippen LogP contribution in [0.3, 0.4) is 0 Å². The Morgan fingerprint density at radius 3 is 2.35 bits per heavy atom. The molecule has 250 valence electrons. The molecule has 0 radical (unpaired) electrons. The maximum Gasteiger partial charge on any atom is 0.419 e. The van der Waals surface area contributed by atoms with Gasteiger partial charge in [-0.15, -0.1) is 0 Å². The molecule has 2 saturated carbocycles. The number of esters is 2. The Balaban J connectivity index is 1.72. The zero-order chi connectivity index (χ0) is 34.2. The van der Waals surface area contributed by atoms with Crippen LogP contribution in [-0.2, 0) is 39.8 Å². The Labute approximate surface area is 267 Å². The Kier molecular flexibility index (Phi) is 9.58. The van der Waals surface area contributed by atoms with Gasteiger partial charge in [0.15, 0.2) is 0 Å². The maximum absolute atomic E-state index is 14.2. The normalized spacial score (nSPS) is 24.3. The van der Waals surface area contributed by atoms with Crippen molar-refractivity contribution >= 4 is 40.9 Å². The molecule has 4 rings (SSSR count). The number of para-hydroxylation sites is 1. The van der Waals surface area contributed by atoms with Gasteiger partial charge in [0, 0.05) is 36.3 Å². The third kappa shape index (κ3) is 7.19. The standard InChI is InChI=1S/C33H43N3O10/c1-9-43-27(39)24-23-22(37)16-33(25(23)24,28(40)44-10-2)35-26(38)20(34-29(41)45-31(3,4)5)15-18-17-36(30(42)46-32(6,7)8)21-14-12-11-13-19(18)21/h9,11-14,17,20,22-25,37H,1,10,15-16H2,2-8H3,(H,34,41)(H,35,38)/t20?,22-,23-,24-,25-,33+/m0/s1. The highest BCUT2D eigenvalue weighted by molar-refractivity contribution is 5.96. The van der Waals surface area contributed by atoms with Gasteiger partial charge in [-0.05, 0) is 60.1 Å². The molecule has 2 aliphatic rings. The highest BCUT2D eigenvalue weighted by atomic mass is 16.6. The molecule has 1 aromatic heterocycles. The van der Waals surface area contributed by atoms with E-state index in [-0.39, 0.29) is 19.4 Å². The van der Waals surface area contributed by atoms with Crippen LogP contribution >= 0.6 is 0 Å². The topological polar surface area (TPSA) is 171 Å². The third-order valence-electron chi connectivity index (χ3n) is 7.89. The van der Waals surface area contributed by atoms with Crippen LogP contribution in [0.5, 0.6) is 0 Å². The van der Waals surface area contributed by atoms with E-state index in [1.165, 1.54) is 10.8 Å². The second-order valence-corrected chi connectivity index (χ2v) is 13.6. The number of fused-ring (bicyclic) bond motifs is 2. The number of benzene rings is 1. The van der Waals surface area contributed by atoms with E-state index in [0.29, 0.717) is 16.5 Å². The highest BCUT2D eigenvalue weighted by Crippen LogP contribution is 2.63. The van der Waals surface area contributed by atoms with Crippen LogP contribution in [0.2, 0.25) is 0 Å². The van der Waals surface area contributed by atoms with Crippen molar-refractivity contribution in [1.82, 2.24) is 15.2 Å². The number of aromatic nitrogens is 1. The minimum Gasteiger partial charge on any atom is -0.464 e. The second-order valence-electron chi connectivity index (χ2n) is 13.6. The van der Waals surface area contributed by atoms with Crippen LogP contribution < -0.4 is 10.6 Å². The van der Waals surface area contributed by atoms with Gasteiger partial charge in [0.2, 0.25) is 5.91 Å². The molecule has 2 amide bonds. The summed E-state index contributed by atoms with van der Waals surface area (Å²) in [4.78, 5) is 66.4. The van der Waals surface area contributed by atoms with Gasteiger partial charge < -0.3 is 34.7 Å². The van der Waals surface area contributed by atoms with Crippen molar-refractivity contribution in [2.24, 2.45) is 17.8 Å². The number of carbonyl (C=O) groups excluding carboxylic acids is 5. The van der Waals surface area contributed by atoms with Crippen molar-refractivity contribution in [3.8, 4) is 0 Å². The Morgan fingerprint density at radius 1 is 1.09 bits per heavy atom. The molecular formula is C33H43N3O10. The minimum absolute atomic E-state index is 0.0184. The lowest BCUT2D eigenvalue weighted by atomic mass is 9.88. The number of rotatable bonds is 9. The molecular weight excluding hydrogens is 598 g/mol. The number of amides is 2. The van der Waals surface area contributed by atoms with E-state index in [1.54, 1.807) is 72.7 Å². The summed E-state index contributed by atoms with van der Waals surface area (Å²) in [5.41, 5.74) is -2.40. The van der Waals surface area contributed by atoms with Crippen molar-refractivity contribution in [2.45, 2.75) is 90.2 Å². The second kappa shape index (κ2) is 12.8. The van der Waals surface area contributed by atoms with E-state index in [0.717, 1.165) is 6.26 Å². The van der Waals surface area contributed by atoms with Crippen molar-refractivity contribution in [2.75, 3.05) is 6.61 Å². The minimum atomic E-state index is -1.78. The van der Waals surface area contributed by atoms with Crippen LogP contribution in [0.15, 0.2) is 43.3 Å². The molecule has 2 fully saturated rings. The fourth-order valence-corrected chi connectivity index (χ4v) is 6.24. The maximum atomic E-state index is 14.2. The summed E-state index contributed by atoms with van der Waals surface area (Å²) in [6.45, 7) is 15.2. The van der Waals surface area contributed by atoms with Crippen LogP contribution in [0.1, 0.15) is 60.5 Å². The van der Waals surface area contributed by atoms with Gasteiger partial charge in [-0.3, -0.25) is 14.2 Å². The number of nitrogens with zero attached hydrogens (tertiary/aromatic N) is 1. The van der Waals surface area contributed by atoms with Crippen molar-refractivity contribution in [1.29, 1.82) is 0 Å². The van der Waals surface area contributed by atoms with Crippen LogP contribution in [0, 0.1) is 17.8 Å². The SMILES string of the molecule is C=COC(=O)[C@H]1[C@H]2[C@@H]1[C@@](NC(=O)C(Cc1cn(C(=O)OC(C)(C)C)c3ccccc13)NC(=O)OC(C)(C)C)(C(=O)OCC)C[C@@H]2O. The van der Waals surface area contributed by atoms with E-state index >= 15 is 0 Å². The molecule has 46 heavy (non-hydrogen) atoms. The molecule has 1 unspecified atom stereocenters. The molecule has 0 bridgehead atoms. The molecule has 13 heteroatoms. The summed E-state index contributed by atoms with van der Waals surface area (Å²) in [6, 6.07) is 5.70. The van der Waals surface area contributed by atoms with E-state index in [1.807, 2.05) is 0 Å². The van der Waals surface area contributed by atoms with Crippen molar-refractivity contribution in [3.05, 3.63) is 48.9 Å². The number of aliphatic hydroxyl groups is 1. The van der Waals surface area contributed by atoms with Gasteiger partial charge in [0.05, 0.1) is 30.4 Å². The monoisotopic (exact) mass is 641 g/mol. The van der Waals surface area contributed by atoms with Crippen LogP contribution in [0.4, 0.5) is 9.59 Å². The van der Waals surface area contributed by atoms with Gasteiger partial charge in [0.1, 0.15) is 22.8 Å². The van der Waals surface area contributed by atoms with Gasteiger partial charge in [0.25, 0.3) is 0 Å². The molecule has 2 aromatic rings. The first-order valence-corrected chi connectivity index (χ1v) is 15.2. The number of ether oxygens (including phenoxy) is 4. The number of nitrogens with one attached hydrogen (secondary N) is 2. The third-order valence-corrected chi connectivity index (χ3v) is 7.89. The Bertz CT molecular complexity index is 1530. The first-order valence-electron chi connectivity index (χ1n) is 15.2. The lowest BCUT2D eigenvalue weighted by Gasteiger charge is -2.33. The molecule has 13 nitrogen and oxygen atoms in total. The molecule has 0 saturated heterocycles. The number of hydrogen-bond donors (Lipinski definition) is 3. The van der Waals surface area contributed by atoms with E-state index in [9.17, 15) is 29.1 Å². The van der Waals surface area contributed by atoms with Crippen LogP contribution in [-0.4, -0.2) is 75.2 Å². The number of aliphatic hydroxyl groups excluding tert-OH is 1. The van der Waals surface area contributed by atoms with Gasteiger partial charge in [-0.1, -0.05) is 24.8 Å². The summed E-state index contributed by atoms with van der Waals surface area (Å²) in [5.74, 6) is -4.64.